The first-order chi connectivity index (χ1) is 6.56. The normalized spacial score (nSPS) is 10.0. The van der Waals surface area contributed by atoms with Crippen LogP contribution in [0.5, 0.6) is 0 Å². The van der Waals surface area contributed by atoms with E-state index in [1.165, 1.54) is 12.1 Å². The molecule has 0 aliphatic heterocycles. The van der Waals surface area contributed by atoms with Crippen molar-refractivity contribution >= 4 is 34.5 Å². The summed E-state index contributed by atoms with van der Waals surface area (Å²) < 4.78 is 18.4. The van der Waals surface area contributed by atoms with E-state index in [0.717, 1.165) is 0 Å². The predicted molar refractivity (Wildman–Crippen MR) is 57.3 cm³/mol. The van der Waals surface area contributed by atoms with Gasteiger partial charge in [-0.3, -0.25) is 0 Å². The minimum absolute atomic E-state index is 0.0972. The second kappa shape index (κ2) is 4.79. The van der Waals surface area contributed by atoms with E-state index in [1.54, 1.807) is 6.92 Å². The lowest BCUT2D eigenvalue weighted by Crippen LogP contribution is -2.07. The Hall–Kier alpha value is -0.550. The molecule has 0 aliphatic rings. The summed E-state index contributed by atoms with van der Waals surface area (Å²) in [6.07, 6.45) is 0. The van der Waals surface area contributed by atoms with Gasteiger partial charge in [0.1, 0.15) is 5.82 Å². The lowest BCUT2D eigenvalue weighted by Gasteiger charge is -2.05. The average Bonchev–Trinajstić information content (AvgIpc) is 2.11. The Balaban J connectivity index is 3.09. The third-order valence-corrected chi connectivity index (χ3v) is 2.86. The molecule has 0 unspecified atom stereocenters. The Kier molecular flexibility index (Phi) is 3.95. The molecule has 0 heterocycles. The molecule has 0 amide bonds. The standard InChI is InChI=1S/C9H8BrFO2S/c1-2-13-9(12)5-3-8(14)6(10)4-7(5)11/h3-4,14H,2H2,1H3. The van der Waals surface area contributed by atoms with Crippen molar-refractivity contribution in [1.82, 2.24) is 0 Å². The Morgan fingerprint density at radius 2 is 2.29 bits per heavy atom. The lowest BCUT2D eigenvalue weighted by molar-refractivity contribution is 0.0520. The maximum atomic E-state index is 13.2. The third kappa shape index (κ3) is 2.48. The van der Waals surface area contributed by atoms with Crippen molar-refractivity contribution in [2.75, 3.05) is 6.61 Å². The van der Waals surface area contributed by atoms with Crippen LogP contribution in [0.15, 0.2) is 21.5 Å². The van der Waals surface area contributed by atoms with Crippen molar-refractivity contribution in [1.29, 1.82) is 0 Å². The van der Waals surface area contributed by atoms with E-state index in [-0.39, 0.29) is 12.2 Å². The van der Waals surface area contributed by atoms with E-state index >= 15 is 0 Å². The van der Waals surface area contributed by atoms with Crippen LogP contribution in [0.3, 0.4) is 0 Å². The summed E-state index contributed by atoms with van der Waals surface area (Å²) in [4.78, 5) is 11.7. The fourth-order valence-electron chi connectivity index (χ4n) is 0.903. The van der Waals surface area contributed by atoms with E-state index in [9.17, 15) is 9.18 Å². The number of hydrogen-bond acceptors (Lipinski definition) is 3. The fraction of sp³-hybridized carbons (Fsp3) is 0.222. The summed E-state index contributed by atoms with van der Waals surface area (Å²) in [6.45, 7) is 1.88. The molecule has 1 rings (SSSR count). The summed E-state index contributed by atoms with van der Waals surface area (Å²) in [5.41, 5.74) is -0.0972. The molecule has 0 saturated carbocycles. The zero-order valence-corrected chi connectivity index (χ0v) is 9.86. The van der Waals surface area contributed by atoms with Crippen molar-refractivity contribution in [3.63, 3.8) is 0 Å². The van der Waals surface area contributed by atoms with Crippen LogP contribution in [0.4, 0.5) is 4.39 Å². The number of hydrogen-bond donors (Lipinski definition) is 1. The molecule has 0 fully saturated rings. The Morgan fingerprint density at radius 3 is 2.86 bits per heavy atom. The molecule has 0 aliphatic carbocycles. The summed E-state index contributed by atoms with van der Waals surface area (Å²) in [5, 5.41) is 0. The zero-order valence-electron chi connectivity index (χ0n) is 7.38. The van der Waals surface area contributed by atoms with Gasteiger partial charge in [0.05, 0.1) is 12.2 Å². The van der Waals surface area contributed by atoms with Gasteiger partial charge < -0.3 is 4.74 Å². The number of carbonyl (C=O) groups excluding carboxylic acids is 1. The number of esters is 1. The second-order valence-corrected chi connectivity index (χ2v) is 3.84. The number of rotatable bonds is 2. The minimum Gasteiger partial charge on any atom is -0.462 e. The minimum atomic E-state index is -0.673. The number of ether oxygens (including phenoxy) is 1. The number of thiol groups is 1. The van der Waals surface area contributed by atoms with Crippen LogP contribution in [0.25, 0.3) is 0 Å². The molecule has 0 aromatic heterocycles. The Bertz CT molecular complexity index is 368. The summed E-state index contributed by atoms with van der Waals surface area (Å²) >= 11 is 7.16. The van der Waals surface area contributed by atoms with Gasteiger partial charge in [0, 0.05) is 9.37 Å². The van der Waals surface area contributed by atoms with Gasteiger partial charge in [-0.15, -0.1) is 12.6 Å². The van der Waals surface area contributed by atoms with E-state index in [0.29, 0.717) is 9.37 Å². The predicted octanol–water partition coefficient (Wildman–Crippen LogP) is 3.05. The van der Waals surface area contributed by atoms with E-state index in [2.05, 4.69) is 33.3 Å². The van der Waals surface area contributed by atoms with E-state index < -0.39 is 11.8 Å². The first-order valence-corrected chi connectivity index (χ1v) is 5.15. The molecule has 76 valence electrons. The van der Waals surface area contributed by atoms with Gasteiger partial charge in [0.25, 0.3) is 0 Å². The number of benzene rings is 1. The van der Waals surface area contributed by atoms with Gasteiger partial charge in [-0.1, -0.05) is 0 Å². The van der Waals surface area contributed by atoms with Crippen LogP contribution in [0, 0.1) is 5.82 Å². The fourth-order valence-corrected chi connectivity index (χ4v) is 1.41. The first-order valence-electron chi connectivity index (χ1n) is 3.91. The molecular formula is C9H8BrFO2S. The highest BCUT2D eigenvalue weighted by molar-refractivity contribution is 9.10. The topological polar surface area (TPSA) is 26.3 Å². The van der Waals surface area contributed by atoms with Crippen LogP contribution in [-0.4, -0.2) is 12.6 Å². The van der Waals surface area contributed by atoms with Crippen molar-refractivity contribution < 1.29 is 13.9 Å². The quantitative estimate of drug-likeness (QED) is 0.665. The van der Waals surface area contributed by atoms with Crippen LogP contribution < -0.4 is 0 Å². The molecule has 1 aromatic rings. The van der Waals surface area contributed by atoms with Gasteiger partial charge in [-0.2, -0.15) is 0 Å². The second-order valence-electron chi connectivity index (χ2n) is 2.50. The maximum absolute atomic E-state index is 13.2. The lowest BCUT2D eigenvalue weighted by atomic mass is 10.2. The Labute approximate surface area is 95.0 Å². The molecule has 0 spiro atoms. The molecule has 0 N–H and O–H groups in total. The van der Waals surface area contributed by atoms with Crippen molar-refractivity contribution in [2.24, 2.45) is 0 Å². The average molecular weight is 279 g/mol. The molecule has 14 heavy (non-hydrogen) atoms. The van der Waals surface area contributed by atoms with Gasteiger partial charge >= 0.3 is 5.97 Å². The highest BCUT2D eigenvalue weighted by atomic mass is 79.9. The smallest absolute Gasteiger partial charge is 0.341 e. The molecule has 0 saturated heterocycles. The van der Waals surface area contributed by atoms with Gasteiger partial charge in [0.2, 0.25) is 0 Å². The number of halogens is 2. The highest BCUT2D eigenvalue weighted by Crippen LogP contribution is 2.24. The monoisotopic (exact) mass is 278 g/mol. The molecule has 2 nitrogen and oxygen atoms in total. The third-order valence-electron chi connectivity index (χ3n) is 1.53. The number of carbonyl (C=O) groups is 1. The maximum Gasteiger partial charge on any atom is 0.341 e. The molecule has 0 bridgehead atoms. The van der Waals surface area contributed by atoms with Crippen LogP contribution in [0.1, 0.15) is 17.3 Å². The zero-order chi connectivity index (χ0) is 10.7. The van der Waals surface area contributed by atoms with E-state index in [1.807, 2.05) is 0 Å². The van der Waals surface area contributed by atoms with Crippen LogP contribution >= 0.6 is 28.6 Å². The van der Waals surface area contributed by atoms with Crippen LogP contribution in [-0.2, 0) is 4.74 Å². The van der Waals surface area contributed by atoms with Crippen molar-refractivity contribution in [3.05, 3.63) is 28.0 Å². The van der Waals surface area contributed by atoms with Crippen molar-refractivity contribution in [2.45, 2.75) is 11.8 Å². The van der Waals surface area contributed by atoms with E-state index in [4.69, 9.17) is 0 Å². The molecule has 1 aromatic carbocycles. The van der Waals surface area contributed by atoms with Gasteiger partial charge in [-0.05, 0) is 35.0 Å². The van der Waals surface area contributed by atoms with Crippen molar-refractivity contribution in [3.8, 4) is 0 Å². The summed E-state index contributed by atoms with van der Waals surface area (Å²) in [6, 6.07) is 2.52. The van der Waals surface area contributed by atoms with Gasteiger partial charge in [-0.25, -0.2) is 9.18 Å². The highest BCUT2D eigenvalue weighted by Gasteiger charge is 2.14. The first kappa shape index (κ1) is 11.5. The van der Waals surface area contributed by atoms with Gasteiger partial charge in [0.15, 0.2) is 0 Å². The molecular weight excluding hydrogens is 271 g/mol. The largest absolute Gasteiger partial charge is 0.462 e. The SMILES string of the molecule is CCOC(=O)c1cc(S)c(Br)cc1F. The molecule has 0 atom stereocenters. The molecule has 5 heteroatoms. The molecule has 0 radical (unpaired) electrons. The van der Waals surface area contributed by atoms with Crippen LogP contribution in [0.2, 0.25) is 0 Å². The summed E-state index contributed by atoms with van der Waals surface area (Å²) in [7, 11) is 0. The Morgan fingerprint density at radius 1 is 1.64 bits per heavy atom. The summed E-state index contributed by atoms with van der Waals surface area (Å²) in [5.74, 6) is -1.29.